The zero-order valence-electron chi connectivity index (χ0n) is 11.8. The molecule has 0 N–H and O–H groups in total. The van der Waals surface area contributed by atoms with Gasteiger partial charge in [-0.15, -0.1) is 0 Å². The Balaban J connectivity index is 2.11. The molecule has 0 unspecified atom stereocenters. The summed E-state index contributed by atoms with van der Waals surface area (Å²) in [5.74, 6) is 1.53. The van der Waals surface area contributed by atoms with Gasteiger partial charge < -0.3 is 4.74 Å². The number of aromatic nitrogens is 3. The molecule has 0 atom stereocenters. The zero-order valence-corrected chi connectivity index (χ0v) is 11.8. The molecule has 0 aliphatic heterocycles. The number of nitrogens with zero attached hydrogens (tertiary/aromatic N) is 3. The van der Waals surface area contributed by atoms with Crippen LogP contribution in [0.1, 0.15) is 23.6 Å². The second kappa shape index (κ2) is 6.15. The maximum absolute atomic E-state index is 12.3. The maximum Gasteiger partial charge on any atom is 0.389 e. The minimum Gasteiger partial charge on any atom is -0.496 e. The highest BCUT2D eigenvalue weighted by atomic mass is 19.4. The van der Waals surface area contributed by atoms with E-state index in [0.29, 0.717) is 23.8 Å². The molecule has 7 heteroatoms. The first-order valence-electron chi connectivity index (χ1n) is 6.46. The summed E-state index contributed by atoms with van der Waals surface area (Å²) < 4.78 is 43.4. The minimum atomic E-state index is -4.19. The van der Waals surface area contributed by atoms with Crippen molar-refractivity contribution in [3.63, 3.8) is 0 Å². The number of alkyl halides is 3. The van der Waals surface area contributed by atoms with Crippen LogP contribution in [0.2, 0.25) is 0 Å². The number of halogens is 3. The van der Waals surface area contributed by atoms with E-state index in [0.717, 1.165) is 5.56 Å². The quantitative estimate of drug-likeness (QED) is 0.852. The van der Waals surface area contributed by atoms with E-state index in [1.165, 1.54) is 4.68 Å². The first-order valence-corrected chi connectivity index (χ1v) is 6.46. The van der Waals surface area contributed by atoms with E-state index in [-0.39, 0.29) is 6.42 Å². The highest BCUT2D eigenvalue weighted by Gasteiger charge is 2.27. The molecule has 1 aromatic carbocycles. The molecule has 0 bridgehead atoms. The van der Waals surface area contributed by atoms with Crippen molar-refractivity contribution in [3.05, 3.63) is 41.5 Å². The number of methoxy groups -OCH3 is 1. The second-order valence-corrected chi connectivity index (χ2v) is 4.67. The Hall–Kier alpha value is -2.05. The number of rotatable bonds is 5. The predicted octanol–water partition coefficient (Wildman–Crippen LogP) is 2.91. The van der Waals surface area contributed by atoms with Gasteiger partial charge in [0.05, 0.1) is 13.5 Å². The number of para-hydroxylation sites is 1. The van der Waals surface area contributed by atoms with E-state index >= 15 is 0 Å². The maximum atomic E-state index is 12.3. The molecule has 0 spiro atoms. The van der Waals surface area contributed by atoms with Crippen LogP contribution >= 0.6 is 0 Å². The van der Waals surface area contributed by atoms with Crippen LogP contribution in [-0.4, -0.2) is 28.1 Å². The van der Waals surface area contributed by atoms with Gasteiger partial charge in [-0.2, -0.15) is 18.3 Å². The lowest BCUT2D eigenvalue weighted by atomic mass is 10.1. The zero-order chi connectivity index (χ0) is 15.5. The van der Waals surface area contributed by atoms with Gasteiger partial charge in [0, 0.05) is 25.5 Å². The van der Waals surface area contributed by atoms with Gasteiger partial charge in [0.2, 0.25) is 0 Å². The second-order valence-electron chi connectivity index (χ2n) is 4.67. The van der Waals surface area contributed by atoms with Crippen molar-refractivity contribution < 1.29 is 17.9 Å². The van der Waals surface area contributed by atoms with E-state index in [2.05, 4.69) is 10.1 Å². The van der Waals surface area contributed by atoms with Gasteiger partial charge in [-0.3, -0.25) is 4.68 Å². The van der Waals surface area contributed by atoms with Crippen LogP contribution in [0.25, 0.3) is 0 Å². The lowest BCUT2D eigenvalue weighted by Gasteiger charge is -2.05. The third-order valence-electron chi connectivity index (χ3n) is 3.07. The normalized spacial score (nSPS) is 11.7. The molecular weight excluding hydrogens is 283 g/mol. The minimum absolute atomic E-state index is 0.168. The van der Waals surface area contributed by atoms with Gasteiger partial charge in [0.15, 0.2) is 5.82 Å². The average molecular weight is 299 g/mol. The van der Waals surface area contributed by atoms with Crippen LogP contribution in [0.3, 0.4) is 0 Å². The molecular formula is C14H16F3N3O. The fourth-order valence-corrected chi connectivity index (χ4v) is 2.04. The van der Waals surface area contributed by atoms with Gasteiger partial charge in [-0.25, -0.2) is 4.98 Å². The summed E-state index contributed by atoms with van der Waals surface area (Å²) in [5, 5.41) is 4.16. The number of ether oxygens (including phenoxy) is 1. The van der Waals surface area contributed by atoms with Crippen molar-refractivity contribution in [2.24, 2.45) is 7.05 Å². The summed E-state index contributed by atoms with van der Waals surface area (Å²) in [6, 6.07) is 7.42. The Morgan fingerprint density at radius 1 is 1.24 bits per heavy atom. The van der Waals surface area contributed by atoms with Crippen LogP contribution in [0.5, 0.6) is 5.75 Å². The van der Waals surface area contributed by atoms with E-state index in [4.69, 9.17) is 4.74 Å². The molecule has 0 fully saturated rings. The molecule has 21 heavy (non-hydrogen) atoms. The first-order chi connectivity index (χ1) is 9.89. The van der Waals surface area contributed by atoms with Gasteiger partial charge in [0.25, 0.3) is 0 Å². The number of hydrogen-bond acceptors (Lipinski definition) is 3. The fourth-order valence-electron chi connectivity index (χ4n) is 2.04. The standard InChI is InChI=1S/C14H16F3N3O/c1-20-13(7-8-14(15,16)17)18-12(19-20)9-10-5-3-4-6-11(10)21-2/h3-6H,7-9H2,1-2H3. The summed E-state index contributed by atoms with van der Waals surface area (Å²) >= 11 is 0. The number of benzene rings is 1. The van der Waals surface area contributed by atoms with Crippen molar-refractivity contribution in [1.82, 2.24) is 14.8 Å². The molecule has 2 aromatic rings. The summed E-state index contributed by atoms with van der Waals surface area (Å²) in [7, 11) is 3.17. The molecule has 114 valence electrons. The van der Waals surface area contributed by atoms with Crippen molar-refractivity contribution in [1.29, 1.82) is 0 Å². The largest absolute Gasteiger partial charge is 0.496 e. The number of aryl methyl sites for hydroxylation is 2. The fraction of sp³-hybridized carbons (Fsp3) is 0.429. The predicted molar refractivity (Wildman–Crippen MR) is 71.2 cm³/mol. The molecule has 0 saturated heterocycles. The monoisotopic (exact) mass is 299 g/mol. The Labute approximate surface area is 120 Å². The Bertz CT molecular complexity index is 608. The van der Waals surface area contributed by atoms with Crippen LogP contribution in [-0.2, 0) is 19.9 Å². The highest BCUT2D eigenvalue weighted by Crippen LogP contribution is 2.22. The van der Waals surface area contributed by atoms with Gasteiger partial charge in [-0.05, 0) is 6.07 Å². The van der Waals surface area contributed by atoms with Crippen molar-refractivity contribution in [2.75, 3.05) is 7.11 Å². The lowest BCUT2D eigenvalue weighted by Crippen LogP contribution is -2.11. The molecule has 0 amide bonds. The summed E-state index contributed by atoms with van der Waals surface area (Å²) in [6.45, 7) is 0. The van der Waals surface area contributed by atoms with Crippen LogP contribution < -0.4 is 4.74 Å². The van der Waals surface area contributed by atoms with Crippen molar-refractivity contribution >= 4 is 0 Å². The van der Waals surface area contributed by atoms with Crippen molar-refractivity contribution in [2.45, 2.75) is 25.4 Å². The van der Waals surface area contributed by atoms with E-state index in [9.17, 15) is 13.2 Å². The third-order valence-corrected chi connectivity index (χ3v) is 3.07. The molecule has 2 rings (SSSR count). The van der Waals surface area contributed by atoms with Crippen LogP contribution in [0.4, 0.5) is 13.2 Å². The summed E-state index contributed by atoms with van der Waals surface area (Å²) in [6.07, 6.45) is -4.83. The first kappa shape index (κ1) is 15.3. The van der Waals surface area contributed by atoms with Gasteiger partial charge in [-0.1, -0.05) is 18.2 Å². The number of hydrogen-bond donors (Lipinski definition) is 0. The molecule has 0 aliphatic carbocycles. The highest BCUT2D eigenvalue weighted by molar-refractivity contribution is 5.35. The molecule has 0 radical (unpaired) electrons. The van der Waals surface area contributed by atoms with Gasteiger partial charge >= 0.3 is 6.18 Å². The van der Waals surface area contributed by atoms with E-state index < -0.39 is 12.6 Å². The molecule has 0 saturated carbocycles. The molecule has 1 heterocycles. The van der Waals surface area contributed by atoms with E-state index in [1.54, 1.807) is 14.2 Å². The average Bonchev–Trinajstić information content (AvgIpc) is 2.76. The molecule has 0 aliphatic rings. The third kappa shape index (κ3) is 4.21. The molecule has 4 nitrogen and oxygen atoms in total. The Kier molecular flexibility index (Phi) is 4.50. The van der Waals surface area contributed by atoms with Crippen LogP contribution in [0, 0.1) is 0 Å². The van der Waals surface area contributed by atoms with Crippen molar-refractivity contribution in [3.8, 4) is 5.75 Å². The SMILES string of the molecule is COc1ccccc1Cc1nc(CCC(F)(F)F)n(C)n1. The van der Waals surface area contributed by atoms with Crippen LogP contribution in [0.15, 0.2) is 24.3 Å². The Morgan fingerprint density at radius 2 is 1.95 bits per heavy atom. The smallest absolute Gasteiger partial charge is 0.389 e. The summed E-state index contributed by atoms with van der Waals surface area (Å²) in [4.78, 5) is 4.18. The molecule has 1 aromatic heterocycles. The topological polar surface area (TPSA) is 39.9 Å². The summed E-state index contributed by atoms with van der Waals surface area (Å²) in [5.41, 5.74) is 0.896. The van der Waals surface area contributed by atoms with E-state index in [1.807, 2.05) is 24.3 Å². The Morgan fingerprint density at radius 3 is 2.62 bits per heavy atom. The van der Waals surface area contributed by atoms with Gasteiger partial charge in [0.1, 0.15) is 11.6 Å². The lowest BCUT2D eigenvalue weighted by molar-refractivity contribution is -0.134.